The fourth-order valence-corrected chi connectivity index (χ4v) is 2.15. The number of hydrogen-bond acceptors (Lipinski definition) is 4. The van der Waals surface area contributed by atoms with Crippen molar-refractivity contribution in [2.45, 2.75) is 12.5 Å². The van der Waals surface area contributed by atoms with E-state index in [2.05, 4.69) is 5.32 Å². The largest absolute Gasteiger partial charge is 0.508 e. The summed E-state index contributed by atoms with van der Waals surface area (Å²) in [4.78, 5) is 24.1. The van der Waals surface area contributed by atoms with Gasteiger partial charge in [-0.2, -0.15) is 0 Å². The van der Waals surface area contributed by atoms with E-state index in [4.69, 9.17) is 4.74 Å². The monoisotopic (exact) mass is 325 g/mol. The molecule has 2 rings (SSSR count). The molecule has 0 saturated heterocycles. The van der Waals surface area contributed by atoms with E-state index in [-0.39, 0.29) is 11.3 Å². The lowest BCUT2D eigenvalue weighted by Gasteiger charge is -2.15. The molecular weight excluding hydrogens is 306 g/mol. The molecule has 5 heteroatoms. The second kappa shape index (κ2) is 8.53. The van der Waals surface area contributed by atoms with E-state index in [9.17, 15) is 14.7 Å². The van der Waals surface area contributed by atoms with Crippen molar-refractivity contribution in [3.63, 3.8) is 0 Å². The van der Waals surface area contributed by atoms with E-state index in [0.717, 1.165) is 5.56 Å². The van der Waals surface area contributed by atoms with Crippen LogP contribution in [0.3, 0.4) is 0 Å². The Morgan fingerprint density at radius 2 is 1.92 bits per heavy atom. The van der Waals surface area contributed by atoms with Crippen LogP contribution in [-0.2, 0) is 9.53 Å². The minimum atomic E-state index is -0.801. The summed E-state index contributed by atoms with van der Waals surface area (Å²) in [6, 6.07) is 14.8. The van der Waals surface area contributed by atoms with Gasteiger partial charge in [0.1, 0.15) is 11.8 Å². The lowest BCUT2D eigenvalue weighted by atomic mass is 10.1. The van der Waals surface area contributed by atoms with Crippen LogP contribution in [0.5, 0.6) is 5.75 Å². The number of rotatable bonds is 6. The summed E-state index contributed by atoms with van der Waals surface area (Å²) < 4.78 is 4.74. The molecule has 0 heterocycles. The van der Waals surface area contributed by atoms with E-state index in [0.29, 0.717) is 6.42 Å². The lowest BCUT2D eigenvalue weighted by Crippen LogP contribution is -2.41. The lowest BCUT2D eigenvalue weighted by molar-refractivity contribution is -0.142. The van der Waals surface area contributed by atoms with Crippen molar-refractivity contribution in [3.05, 3.63) is 71.8 Å². The van der Waals surface area contributed by atoms with Crippen LogP contribution in [0.2, 0.25) is 0 Å². The normalized spacial score (nSPS) is 11.9. The average Bonchev–Trinajstić information content (AvgIpc) is 2.61. The minimum absolute atomic E-state index is 0.0127. The number of benzene rings is 2. The standard InChI is InChI=1S/C19H19NO4/c1-24-19(23)17(12-5-9-14-7-3-2-4-8-14)20-18(22)15-10-6-11-16(21)13-15/h2-11,13,17,21H,12H2,1H3,(H,20,22)/b9-5+/t17-/m0/s1. The molecule has 1 atom stereocenters. The third kappa shape index (κ3) is 4.98. The SMILES string of the molecule is COC(=O)[C@H](C/C=C/c1ccccc1)NC(=O)c1cccc(O)c1. The maximum absolute atomic E-state index is 12.2. The Labute approximate surface area is 140 Å². The first kappa shape index (κ1) is 17.3. The quantitative estimate of drug-likeness (QED) is 0.801. The summed E-state index contributed by atoms with van der Waals surface area (Å²) in [6.07, 6.45) is 3.97. The molecule has 2 aromatic carbocycles. The van der Waals surface area contributed by atoms with E-state index < -0.39 is 17.9 Å². The molecule has 0 spiro atoms. The summed E-state index contributed by atoms with van der Waals surface area (Å²) >= 11 is 0. The van der Waals surface area contributed by atoms with Crippen molar-refractivity contribution in [2.75, 3.05) is 7.11 Å². The van der Waals surface area contributed by atoms with Crippen molar-refractivity contribution >= 4 is 18.0 Å². The van der Waals surface area contributed by atoms with Crippen molar-refractivity contribution < 1.29 is 19.4 Å². The summed E-state index contributed by atoms with van der Waals surface area (Å²) in [6.45, 7) is 0. The van der Waals surface area contributed by atoms with Gasteiger partial charge in [0.15, 0.2) is 0 Å². The second-order valence-corrected chi connectivity index (χ2v) is 5.15. The molecule has 0 saturated carbocycles. The molecule has 1 amide bonds. The van der Waals surface area contributed by atoms with E-state index in [1.807, 2.05) is 36.4 Å². The van der Waals surface area contributed by atoms with Gasteiger partial charge in [0.05, 0.1) is 7.11 Å². The van der Waals surface area contributed by atoms with Gasteiger partial charge in [-0.3, -0.25) is 4.79 Å². The first-order valence-corrected chi connectivity index (χ1v) is 7.49. The molecular formula is C19H19NO4. The van der Waals surface area contributed by atoms with Gasteiger partial charge in [-0.15, -0.1) is 0 Å². The zero-order valence-corrected chi connectivity index (χ0v) is 13.3. The van der Waals surface area contributed by atoms with Crippen LogP contribution in [-0.4, -0.2) is 30.1 Å². The number of methoxy groups -OCH3 is 1. The number of phenolic OH excluding ortho intramolecular Hbond substituents is 1. The fourth-order valence-electron chi connectivity index (χ4n) is 2.15. The topological polar surface area (TPSA) is 75.6 Å². The second-order valence-electron chi connectivity index (χ2n) is 5.15. The van der Waals surface area contributed by atoms with Crippen LogP contribution in [0.15, 0.2) is 60.7 Å². The first-order valence-electron chi connectivity index (χ1n) is 7.49. The molecule has 0 unspecified atom stereocenters. The van der Waals surface area contributed by atoms with Crippen LogP contribution < -0.4 is 5.32 Å². The molecule has 2 N–H and O–H groups in total. The molecule has 0 bridgehead atoms. The van der Waals surface area contributed by atoms with E-state index >= 15 is 0 Å². The van der Waals surface area contributed by atoms with Gasteiger partial charge < -0.3 is 15.2 Å². The predicted molar refractivity (Wildman–Crippen MR) is 91.5 cm³/mol. The Hall–Kier alpha value is -3.08. The highest BCUT2D eigenvalue weighted by atomic mass is 16.5. The van der Waals surface area contributed by atoms with Gasteiger partial charge in [0, 0.05) is 5.56 Å². The number of nitrogens with one attached hydrogen (secondary N) is 1. The number of aromatic hydroxyl groups is 1. The smallest absolute Gasteiger partial charge is 0.328 e. The summed E-state index contributed by atoms with van der Waals surface area (Å²) in [5.41, 5.74) is 1.27. The number of carbonyl (C=O) groups excluding carboxylic acids is 2. The van der Waals surface area contributed by atoms with E-state index in [1.54, 1.807) is 18.2 Å². The Bertz CT molecular complexity index is 725. The molecule has 24 heavy (non-hydrogen) atoms. The Morgan fingerprint density at radius 1 is 1.17 bits per heavy atom. The maximum Gasteiger partial charge on any atom is 0.328 e. The van der Waals surface area contributed by atoms with Gasteiger partial charge in [0.2, 0.25) is 0 Å². The number of carbonyl (C=O) groups is 2. The van der Waals surface area contributed by atoms with Crippen molar-refractivity contribution in [1.82, 2.24) is 5.32 Å². The number of hydrogen-bond donors (Lipinski definition) is 2. The van der Waals surface area contributed by atoms with Crippen LogP contribution in [0, 0.1) is 0 Å². The maximum atomic E-state index is 12.2. The highest BCUT2D eigenvalue weighted by molar-refractivity contribution is 5.97. The van der Waals surface area contributed by atoms with Crippen LogP contribution in [0.25, 0.3) is 6.08 Å². The highest BCUT2D eigenvalue weighted by Crippen LogP contribution is 2.11. The number of phenols is 1. The van der Waals surface area contributed by atoms with E-state index in [1.165, 1.54) is 19.2 Å². The molecule has 0 aromatic heterocycles. The zero-order chi connectivity index (χ0) is 17.4. The van der Waals surface area contributed by atoms with Crippen molar-refractivity contribution in [2.24, 2.45) is 0 Å². The van der Waals surface area contributed by atoms with Crippen molar-refractivity contribution in [1.29, 1.82) is 0 Å². The zero-order valence-electron chi connectivity index (χ0n) is 13.3. The van der Waals surface area contributed by atoms with Gasteiger partial charge in [-0.1, -0.05) is 48.6 Å². The van der Waals surface area contributed by atoms with Gasteiger partial charge in [0.25, 0.3) is 5.91 Å². The molecule has 0 aliphatic rings. The minimum Gasteiger partial charge on any atom is -0.508 e. The van der Waals surface area contributed by atoms with Crippen molar-refractivity contribution in [3.8, 4) is 5.75 Å². The average molecular weight is 325 g/mol. The first-order chi connectivity index (χ1) is 11.6. The summed E-state index contributed by atoms with van der Waals surface area (Å²) in [5, 5.41) is 12.1. The Morgan fingerprint density at radius 3 is 2.58 bits per heavy atom. The summed E-state index contributed by atoms with van der Waals surface area (Å²) in [5.74, 6) is -0.989. The third-order valence-corrected chi connectivity index (χ3v) is 3.38. The van der Waals surface area contributed by atoms with Crippen LogP contribution in [0.4, 0.5) is 0 Å². The van der Waals surface area contributed by atoms with Gasteiger partial charge in [-0.05, 0) is 30.2 Å². The third-order valence-electron chi connectivity index (χ3n) is 3.38. The number of amides is 1. The van der Waals surface area contributed by atoms with Crippen LogP contribution >= 0.6 is 0 Å². The number of esters is 1. The van der Waals surface area contributed by atoms with Gasteiger partial charge >= 0.3 is 5.97 Å². The molecule has 124 valence electrons. The molecule has 0 fully saturated rings. The van der Waals surface area contributed by atoms with Crippen LogP contribution in [0.1, 0.15) is 22.3 Å². The molecule has 0 radical (unpaired) electrons. The molecule has 2 aromatic rings. The molecule has 5 nitrogen and oxygen atoms in total. The molecule has 0 aliphatic carbocycles. The fraction of sp³-hybridized carbons (Fsp3) is 0.158. The number of ether oxygens (including phenoxy) is 1. The Kier molecular flexibility index (Phi) is 6.14. The predicted octanol–water partition coefficient (Wildman–Crippen LogP) is 2.77. The molecule has 0 aliphatic heterocycles. The summed E-state index contributed by atoms with van der Waals surface area (Å²) in [7, 11) is 1.27. The Balaban J connectivity index is 2.04. The van der Waals surface area contributed by atoms with Gasteiger partial charge in [-0.25, -0.2) is 4.79 Å². The highest BCUT2D eigenvalue weighted by Gasteiger charge is 2.21.